The van der Waals surface area contributed by atoms with Crippen LogP contribution in [0.4, 0.5) is 0 Å². The molecule has 0 aromatic rings. The van der Waals surface area contributed by atoms with Crippen molar-refractivity contribution in [1.82, 2.24) is 15.1 Å². The zero-order valence-electron chi connectivity index (χ0n) is 14.2. The minimum absolute atomic E-state index is 0.723. The fourth-order valence-electron chi connectivity index (χ4n) is 4.80. The lowest BCUT2D eigenvalue weighted by Crippen LogP contribution is -2.47. The molecular weight excluding hydrogens is 258 g/mol. The largest absolute Gasteiger partial charge is 0.314 e. The quantitative estimate of drug-likeness (QED) is 0.863. The van der Waals surface area contributed by atoms with Crippen molar-refractivity contribution >= 4 is 0 Å². The SMILES string of the molecule is CC(C)N1CCCC(N2CCCC(C3CCCN3)C2)CC1. The Bertz CT molecular complexity index is 312. The van der Waals surface area contributed by atoms with Gasteiger partial charge in [0.25, 0.3) is 0 Å². The molecule has 3 aliphatic rings. The van der Waals surface area contributed by atoms with E-state index in [4.69, 9.17) is 0 Å². The number of nitrogens with one attached hydrogen (secondary N) is 1. The highest BCUT2D eigenvalue weighted by molar-refractivity contribution is 4.89. The molecule has 0 aromatic heterocycles. The zero-order valence-corrected chi connectivity index (χ0v) is 14.2. The van der Waals surface area contributed by atoms with E-state index in [-0.39, 0.29) is 0 Å². The third kappa shape index (κ3) is 4.00. The summed E-state index contributed by atoms with van der Waals surface area (Å²) in [4.78, 5) is 5.54. The normalized spacial score (nSPS) is 37.0. The second-order valence-electron chi connectivity index (χ2n) is 7.81. The van der Waals surface area contributed by atoms with Crippen molar-refractivity contribution in [1.29, 1.82) is 0 Å². The van der Waals surface area contributed by atoms with Crippen LogP contribution in [0.25, 0.3) is 0 Å². The number of hydrogen-bond donors (Lipinski definition) is 1. The van der Waals surface area contributed by atoms with E-state index < -0.39 is 0 Å². The van der Waals surface area contributed by atoms with E-state index in [2.05, 4.69) is 29.0 Å². The standard InChI is InChI=1S/C18H35N3/c1-15(2)20-11-5-7-17(9-13-20)21-12-4-6-16(14-21)18-8-3-10-19-18/h15-19H,3-14H2,1-2H3. The highest BCUT2D eigenvalue weighted by atomic mass is 15.2. The van der Waals surface area contributed by atoms with Crippen LogP contribution in [0.1, 0.15) is 58.8 Å². The number of piperidine rings is 1. The Hall–Kier alpha value is -0.120. The Morgan fingerprint density at radius 3 is 2.52 bits per heavy atom. The topological polar surface area (TPSA) is 18.5 Å². The molecule has 0 radical (unpaired) electrons. The van der Waals surface area contributed by atoms with Crippen LogP contribution in [0.5, 0.6) is 0 Å². The van der Waals surface area contributed by atoms with Crippen LogP contribution >= 0.6 is 0 Å². The summed E-state index contributed by atoms with van der Waals surface area (Å²) >= 11 is 0. The second kappa shape index (κ2) is 7.43. The number of rotatable bonds is 3. The predicted octanol–water partition coefficient (Wildman–Crippen LogP) is 2.71. The van der Waals surface area contributed by atoms with Gasteiger partial charge in [0.15, 0.2) is 0 Å². The van der Waals surface area contributed by atoms with Gasteiger partial charge in [-0.2, -0.15) is 0 Å². The molecule has 0 bridgehead atoms. The van der Waals surface area contributed by atoms with Crippen molar-refractivity contribution in [2.45, 2.75) is 76.9 Å². The molecule has 3 heterocycles. The minimum atomic E-state index is 0.723. The Labute approximate surface area is 131 Å². The maximum Gasteiger partial charge on any atom is 0.0108 e. The first kappa shape index (κ1) is 15.8. The zero-order chi connectivity index (χ0) is 14.7. The average molecular weight is 293 g/mol. The van der Waals surface area contributed by atoms with Crippen molar-refractivity contribution in [3.05, 3.63) is 0 Å². The van der Waals surface area contributed by atoms with Gasteiger partial charge in [-0.1, -0.05) is 0 Å². The van der Waals surface area contributed by atoms with Crippen molar-refractivity contribution < 1.29 is 0 Å². The lowest BCUT2D eigenvalue weighted by molar-refractivity contribution is 0.0973. The van der Waals surface area contributed by atoms with Gasteiger partial charge in [-0.25, -0.2) is 0 Å². The first-order valence-corrected chi connectivity index (χ1v) is 9.45. The summed E-state index contributed by atoms with van der Waals surface area (Å²) in [6, 6.07) is 2.41. The number of likely N-dealkylation sites (tertiary alicyclic amines) is 2. The third-order valence-electron chi connectivity index (χ3n) is 6.14. The Morgan fingerprint density at radius 2 is 1.76 bits per heavy atom. The van der Waals surface area contributed by atoms with Crippen molar-refractivity contribution in [2.24, 2.45) is 5.92 Å². The molecule has 21 heavy (non-hydrogen) atoms. The molecule has 3 fully saturated rings. The lowest BCUT2D eigenvalue weighted by Gasteiger charge is -2.40. The van der Waals surface area contributed by atoms with Crippen LogP contribution in [0.15, 0.2) is 0 Å². The summed E-state index contributed by atoms with van der Waals surface area (Å²) in [5.41, 5.74) is 0. The van der Waals surface area contributed by atoms with Gasteiger partial charge < -0.3 is 15.1 Å². The van der Waals surface area contributed by atoms with Gasteiger partial charge in [0.05, 0.1) is 0 Å². The Kier molecular flexibility index (Phi) is 5.58. The Balaban J connectivity index is 1.53. The second-order valence-corrected chi connectivity index (χ2v) is 7.81. The monoisotopic (exact) mass is 293 g/mol. The van der Waals surface area contributed by atoms with Gasteiger partial charge >= 0.3 is 0 Å². The molecule has 0 aromatic carbocycles. The maximum atomic E-state index is 3.75. The Morgan fingerprint density at radius 1 is 0.905 bits per heavy atom. The summed E-state index contributed by atoms with van der Waals surface area (Å²) < 4.78 is 0. The molecule has 3 heteroatoms. The fraction of sp³-hybridized carbons (Fsp3) is 1.00. The van der Waals surface area contributed by atoms with E-state index in [1.165, 1.54) is 77.7 Å². The third-order valence-corrected chi connectivity index (χ3v) is 6.14. The molecule has 0 aliphatic carbocycles. The molecule has 0 amide bonds. The smallest absolute Gasteiger partial charge is 0.0108 e. The van der Waals surface area contributed by atoms with E-state index in [0.717, 1.165) is 24.0 Å². The summed E-state index contributed by atoms with van der Waals surface area (Å²) in [5, 5.41) is 3.75. The van der Waals surface area contributed by atoms with Gasteiger partial charge in [-0.3, -0.25) is 0 Å². The van der Waals surface area contributed by atoms with Crippen LogP contribution in [0, 0.1) is 5.92 Å². The van der Waals surface area contributed by atoms with Gasteiger partial charge in [0.1, 0.15) is 0 Å². The summed E-state index contributed by atoms with van der Waals surface area (Å²) in [6.45, 7) is 11.3. The molecular formula is C18H35N3. The van der Waals surface area contributed by atoms with Crippen molar-refractivity contribution in [2.75, 3.05) is 32.7 Å². The summed E-state index contributed by atoms with van der Waals surface area (Å²) in [7, 11) is 0. The van der Waals surface area contributed by atoms with Crippen LogP contribution < -0.4 is 5.32 Å². The molecule has 3 atom stereocenters. The van der Waals surface area contributed by atoms with E-state index in [9.17, 15) is 0 Å². The lowest BCUT2D eigenvalue weighted by atomic mass is 9.88. The van der Waals surface area contributed by atoms with E-state index in [1.807, 2.05) is 0 Å². The van der Waals surface area contributed by atoms with Gasteiger partial charge in [-0.15, -0.1) is 0 Å². The molecule has 0 spiro atoms. The molecule has 0 saturated carbocycles. The van der Waals surface area contributed by atoms with E-state index in [1.54, 1.807) is 0 Å². The number of hydrogen-bond acceptors (Lipinski definition) is 3. The molecule has 1 N–H and O–H groups in total. The molecule has 3 saturated heterocycles. The van der Waals surface area contributed by atoms with Crippen LogP contribution in [0.2, 0.25) is 0 Å². The first-order valence-electron chi connectivity index (χ1n) is 9.45. The van der Waals surface area contributed by atoms with Gasteiger partial charge in [-0.05, 0) is 90.9 Å². The molecule has 3 unspecified atom stereocenters. The highest BCUT2D eigenvalue weighted by Crippen LogP contribution is 2.28. The van der Waals surface area contributed by atoms with Crippen molar-refractivity contribution in [3.8, 4) is 0 Å². The molecule has 3 nitrogen and oxygen atoms in total. The number of nitrogens with zero attached hydrogens (tertiary/aromatic N) is 2. The highest BCUT2D eigenvalue weighted by Gasteiger charge is 2.32. The van der Waals surface area contributed by atoms with Gasteiger partial charge in [0.2, 0.25) is 0 Å². The van der Waals surface area contributed by atoms with E-state index in [0.29, 0.717) is 0 Å². The predicted molar refractivity (Wildman–Crippen MR) is 89.7 cm³/mol. The van der Waals surface area contributed by atoms with Gasteiger partial charge in [0, 0.05) is 24.7 Å². The molecule has 3 aliphatic heterocycles. The molecule has 3 rings (SSSR count). The molecule has 122 valence electrons. The maximum absolute atomic E-state index is 3.75. The summed E-state index contributed by atoms with van der Waals surface area (Å²) in [5.74, 6) is 0.922. The van der Waals surface area contributed by atoms with Crippen LogP contribution in [-0.4, -0.2) is 60.6 Å². The fourth-order valence-corrected chi connectivity index (χ4v) is 4.80. The van der Waals surface area contributed by atoms with E-state index >= 15 is 0 Å². The van der Waals surface area contributed by atoms with Crippen LogP contribution in [-0.2, 0) is 0 Å². The minimum Gasteiger partial charge on any atom is -0.314 e. The average Bonchev–Trinajstić information content (AvgIpc) is 2.91. The van der Waals surface area contributed by atoms with Crippen LogP contribution in [0.3, 0.4) is 0 Å². The van der Waals surface area contributed by atoms with Crippen molar-refractivity contribution in [3.63, 3.8) is 0 Å². The summed E-state index contributed by atoms with van der Waals surface area (Å²) in [6.07, 6.45) is 9.91. The first-order chi connectivity index (χ1) is 10.2.